The summed E-state index contributed by atoms with van der Waals surface area (Å²) in [6.45, 7) is 5.15. The summed E-state index contributed by atoms with van der Waals surface area (Å²) in [7, 11) is 0. The van der Waals surface area contributed by atoms with E-state index in [2.05, 4.69) is 0 Å². The van der Waals surface area contributed by atoms with E-state index in [1.807, 2.05) is 20.8 Å². The summed E-state index contributed by atoms with van der Waals surface area (Å²) in [4.78, 5) is 11.9. The summed E-state index contributed by atoms with van der Waals surface area (Å²) < 4.78 is 33.5. The van der Waals surface area contributed by atoms with Gasteiger partial charge in [0.2, 0.25) is 0 Å². The molecule has 0 aromatic heterocycles. The number of amides is 1. The molecule has 5 N–H and O–H groups in total. The van der Waals surface area contributed by atoms with Crippen LogP contribution in [0.4, 0.5) is 13.6 Å². The van der Waals surface area contributed by atoms with Crippen LogP contribution in [0.25, 0.3) is 0 Å². The topological polar surface area (TPSA) is 98.6 Å². The molecular formula is C21H26F2N2O3. The Kier molecular flexibility index (Phi) is 6.41. The first-order valence-corrected chi connectivity index (χ1v) is 8.89. The molecule has 1 amide bonds. The van der Waals surface area contributed by atoms with Crippen molar-refractivity contribution < 1.29 is 23.4 Å². The van der Waals surface area contributed by atoms with E-state index in [1.54, 1.807) is 0 Å². The van der Waals surface area contributed by atoms with Gasteiger partial charge in [-0.05, 0) is 41.0 Å². The van der Waals surface area contributed by atoms with Gasteiger partial charge in [0.25, 0.3) is 0 Å². The maximum absolute atomic E-state index is 14.2. The predicted molar refractivity (Wildman–Crippen MR) is 102 cm³/mol. The number of carbonyl (C=O) groups excluding carboxylic acids is 1. The maximum atomic E-state index is 14.2. The minimum atomic E-state index is -1.41. The van der Waals surface area contributed by atoms with Crippen LogP contribution in [-0.2, 0) is 29.9 Å². The monoisotopic (exact) mass is 392 g/mol. The lowest BCUT2D eigenvalue weighted by molar-refractivity contribution is -0.0719. The second-order valence-electron chi connectivity index (χ2n) is 7.75. The summed E-state index contributed by atoms with van der Waals surface area (Å²) in [5.74, 6) is -1.02. The molecule has 1 unspecified atom stereocenters. The van der Waals surface area contributed by atoms with Crippen LogP contribution in [-0.4, -0.2) is 11.2 Å². The average molecular weight is 392 g/mol. The van der Waals surface area contributed by atoms with E-state index in [4.69, 9.17) is 16.2 Å². The van der Waals surface area contributed by atoms with Crippen molar-refractivity contribution in [3.8, 4) is 0 Å². The quantitative estimate of drug-likeness (QED) is 0.701. The summed E-state index contributed by atoms with van der Waals surface area (Å²) in [5, 5.41) is 9.66. The number of hydrogen-bond donors (Lipinski definition) is 3. The van der Waals surface area contributed by atoms with Crippen molar-refractivity contribution in [2.24, 2.45) is 16.9 Å². The highest BCUT2D eigenvalue weighted by Gasteiger charge is 2.48. The molecule has 0 fully saturated rings. The van der Waals surface area contributed by atoms with Crippen molar-refractivity contribution in [3.63, 3.8) is 0 Å². The van der Waals surface area contributed by atoms with Crippen LogP contribution in [0.5, 0.6) is 0 Å². The number of rotatable bonds is 6. The smallest absolute Gasteiger partial charge is 0.405 e. The summed E-state index contributed by atoms with van der Waals surface area (Å²) in [6, 6.07) is 8.06. The van der Waals surface area contributed by atoms with Crippen molar-refractivity contribution >= 4 is 6.09 Å². The van der Waals surface area contributed by atoms with Gasteiger partial charge in [-0.25, -0.2) is 13.6 Å². The maximum Gasteiger partial charge on any atom is 0.405 e. The standard InChI is InChI=1S/C21H26F2N2O3/c1-20(2,3)21(28-19(25)27,18-9-17(23)7-5-14(18)11-24)10-13-4-6-16(22)8-15(13)12-26/h4-9,26H,10-12,24H2,1-3H3,(H2,25,27). The van der Waals surface area contributed by atoms with Crippen LogP contribution in [0, 0.1) is 17.0 Å². The molecule has 0 heterocycles. The van der Waals surface area contributed by atoms with E-state index in [9.17, 15) is 18.7 Å². The molecule has 28 heavy (non-hydrogen) atoms. The molecule has 0 aliphatic carbocycles. The number of halogens is 2. The molecule has 0 bridgehead atoms. The molecule has 152 valence electrons. The molecule has 1 atom stereocenters. The lowest BCUT2D eigenvalue weighted by Crippen LogP contribution is -2.48. The Labute approximate surface area is 163 Å². The van der Waals surface area contributed by atoms with E-state index in [0.29, 0.717) is 22.3 Å². The molecule has 0 aliphatic rings. The van der Waals surface area contributed by atoms with Crippen LogP contribution in [0.1, 0.15) is 43.0 Å². The van der Waals surface area contributed by atoms with Crippen molar-refractivity contribution in [2.75, 3.05) is 0 Å². The number of ether oxygens (including phenoxy) is 1. The van der Waals surface area contributed by atoms with Gasteiger partial charge in [-0.15, -0.1) is 0 Å². The molecule has 0 spiro atoms. The van der Waals surface area contributed by atoms with E-state index < -0.39 is 35.4 Å². The first-order valence-electron chi connectivity index (χ1n) is 8.89. The van der Waals surface area contributed by atoms with Gasteiger partial charge < -0.3 is 21.3 Å². The highest BCUT2D eigenvalue weighted by molar-refractivity contribution is 5.66. The zero-order valence-electron chi connectivity index (χ0n) is 16.3. The summed E-state index contributed by atoms with van der Waals surface area (Å²) >= 11 is 0. The molecule has 0 saturated carbocycles. The van der Waals surface area contributed by atoms with Gasteiger partial charge in [0.15, 0.2) is 0 Å². The van der Waals surface area contributed by atoms with Gasteiger partial charge in [0.05, 0.1) is 6.61 Å². The molecular weight excluding hydrogens is 366 g/mol. The minimum absolute atomic E-state index is 0.0477. The van der Waals surface area contributed by atoms with Gasteiger partial charge in [-0.2, -0.15) is 0 Å². The number of hydrogen-bond acceptors (Lipinski definition) is 4. The first-order chi connectivity index (χ1) is 13.0. The minimum Gasteiger partial charge on any atom is -0.437 e. The Hall–Kier alpha value is -2.51. The Balaban J connectivity index is 2.80. The van der Waals surface area contributed by atoms with Crippen molar-refractivity contribution in [3.05, 3.63) is 70.3 Å². The average Bonchev–Trinajstić information content (AvgIpc) is 2.61. The van der Waals surface area contributed by atoms with Gasteiger partial charge in [0.1, 0.15) is 17.2 Å². The van der Waals surface area contributed by atoms with Crippen LogP contribution < -0.4 is 11.5 Å². The van der Waals surface area contributed by atoms with Crippen LogP contribution in [0.15, 0.2) is 36.4 Å². The van der Waals surface area contributed by atoms with Crippen LogP contribution >= 0.6 is 0 Å². The number of aliphatic hydroxyl groups excluding tert-OH is 1. The number of nitrogens with two attached hydrogens (primary N) is 2. The second kappa shape index (κ2) is 8.24. The van der Waals surface area contributed by atoms with Crippen molar-refractivity contribution in [1.82, 2.24) is 0 Å². The number of aliphatic hydroxyl groups is 1. The summed E-state index contributed by atoms with van der Waals surface area (Å²) in [6.07, 6.45) is -0.985. The Morgan fingerprint density at radius 3 is 2.11 bits per heavy atom. The van der Waals surface area contributed by atoms with E-state index in [-0.39, 0.29) is 13.0 Å². The highest BCUT2D eigenvalue weighted by Crippen LogP contribution is 2.47. The van der Waals surface area contributed by atoms with Crippen LogP contribution in [0.3, 0.4) is 0 Å². The molecule has 2 aromatic carbocycles. The van der Waals surface area contributed by atoms with E-state index in [0.717, 1.165) is 0 Å². The highest BCUT2D eigenvalue weighted by atomic mass is 19.1. The molecule has 5 nitrogen and oxygen atoms in total. The Morgan fingerprint density at radius 2 is 1.61 bits per heavy atom. The molecule has 2 rings (SSSR count). The van der Waals surface area contributed by atoms with Gasteiger partial charge >= 0.3 is 6.09 Å². The third-order valence-corrected chi connectivity index (χ3v) is 4.99. The van der Waals surface area contributed by atoms with E-state index in [1.165, 1.54) is 36.4 Å². The fourth-order valence-corrected chi connectivity index (χ4v) is 3.47. The van der Waals surface area contributed by atoms with Crippen molar-refractivity contribution in [2.45, 2.75) is 45.9 Å². The van der Waals surface area contributed by atoms with Crippen LogP contribution in [0.2, 0.25) is 0 Å². The lowest BCUT2D eigenvalue weighted by atomic mass is 9.67. The fourth-order valence-electron chi connectivity index (χ4n) is 3.47. The molecule has 0 saturated heterocycles. The molecule has 0 aliphatic heterocycles. The predicted octanol–water partition coefficient (Wildman–Crippen LogP) is 3.50. The zero-order chi connectivity index (χ0) is 21.1. The normalized spacial score (nSPS) is 13.8. The SMILES string of the molecule is CC(C)(C)C(Cc1ccc(F)cc1CO)(OC(N)=O)c1cc(F)ccc1CN. The number of benzene rings is 2. The summed E-state index contributed by atoms with van der Waals surface area (Å²) in [5.41, 5.74) is 11.0. The zero-order valence-corrected chi connectivity index (χ0v) is 16.3. The van der Waals surface area contributed by atoms with Gasteiger partial charge in [0, 0.05) is 23.9 Å². The first kappa shape index (κ1) is 21.8. The molecule has 2 aromatic rings. The molecule has 7 heteroatoms. The van der Waals surface area contributed by atoms with Crippen molar-refractivity contribution in [1.29, 1.82) is 0 Å². The fraction of sp³-hybridized carbons (Fsp3) is 0.381. The third-order valence-electron chi connectivity index (χ3n) is 4.99. The number of primary amides is 1. The second-order valence-corrected chi connectivity index (χ2v) is 7.75. The number of carbonyl (C=O) groups is 1. The van der Waals surface area contributed by atoms with Gasteiger partial charge in [-0.3, -0.25) is 0 Å². The largest absolute Gasteiger partial charge is 0.437 e. The van der Waals surface area contributed by atoms with Gasteiger partial charge in [-0.1, -0.05) is 32.9 Å². The van der Waals surface area contributed by atoms with E-state index >= 15 is 0 Å². The Morgan fingerprint density at radius 1 is 1.04 bits per heavy atom. The Bertz CT molecular complexity index is 865. The molecule has 0 radical (unpaired) electrons. The lowest BCUT2D eigenvalue weighted by Gasteiger charge is -2.45. The third kappa shape index (κ3) is 4.31.